The number of carbonyl (C=O) groups is 2. The second kappa shape index (κ2) is 13.9. The van der Waals surface area contributed by atoms with E-state index in [1.54, 1.807) is 6.92 Å². The summed E-state index contributed by atoms with van der Waals surface area (Å²) < 4.78 is 4.60. The molecule has 0 rings (SSSR count). The fourth-order valence-electron chi connectivity index (χ4n) is 1.93. The Balaban J connectivity index is 3.03. The Morgan fingerprint density at radius 1 is 0.842 bits per heavy atom. The second-order valence-corrected chi connectivity index (χ2v) is 6.12. The maximum atomic E-state index is 10.9. The molecular formula is C15H28O3S. The molecule has 0 unspecified atom stereocenters. The van der Waals surface area contributed by atoms with Crippen LogP contribution in [0.25, 0.3) is 0 Å². The van der Waals surface area contributed by atoms with Gasteiger partial charge in [-0.3, -0.25) is 9.59 Å². The highest BCUT2D eigenvalue weighted by Crippen LogP contribution is 2.12. The Morgan fingerprint density at radius 2 is 1.32 bits per heavy atom. The van der Waals surface area contributed by atoms with Crippen molar-refractivity contribution in [2.75, 3.05) is 12.9 Å². The maximum Gasteiger partial charge on any atom is 0.305 e. The highest BCUT2D eigenvalue weighted by Gasteiger charge is 1.99. The molecule has 0 aromatic rings. The van der Waals surface area contributed by atoms with E-state index in [-0.39, 0.29) is 11.1 Å². The first-order chi connectivity index (χ1) is 9.16. The molecule has 0 fully saturated rings. The van der Waals surface area contributed by atoms with Gasteiger partial charge in [0.05, 0.1) is 7.11 Å². The van der Waals surface area contributed by atoms with Crippen LogP contribution in [0.5, 0.6) is 0 Å². The molecule has 0 atom stereocenters. The summed E-state index contributed by atoms with van der Waals surface area (Å²) in [4.78, 5) is 21.6. The smallest absolute Gasteiger partial charge is 0.305 e. The third-order valence-electron chi connectivity index (χ3n) is 3.06. The normalized spacial score (nSPS) is 10.4. The molecule has 0 N–H and O–H groups in total. The van der Waals surface area contributed by atoms with Crippen LogP contribution in [0.15, 0.2) is 0 Å². The predicted octanol–water partition coefficient (Wildman–Crippen LogP) is 4.34. The van der Waals surface area contributed by atoms with Crippen LogP contribution >= 0.6 is 11.8 Å². The van der Waals surface area contributed by atoms with Crippen LogP contribution < -0.4 is 0 Å². The molecule has 0 radical (unpaired) electrons. The number of rotatable bonds is 12. The van der Waals surface area contributed by atoms with Gasteiger partial charge >= 0.3 is 5.97 Å². The van der Waals surface area contributed by atoms with Crippen molar-refractivity contribution < 1.29 is 14.3 Å². The lowest BCUT2D eigenvalue weighted by Crippen LogP contribution is -1.99. The van der Waals surface area contributed by atoms with E-state index in [9.17, 15) is 9.59 Å². The summed E-state index contributed by atoms with van der Waals surface area (Å²) >= 11 is 1.44. The summed E-state index contributed by atoms with van der Waals surface area (Å²) in [6.45, 7) is 1.63. The number of carbonyl (C=O) groups excluding carboxylic acids is 2. The number of esters is 1. The van der Waals surface area contributed by atoms with Crippen molar-refractivity contribution in [3.63, 3.8) is 0 Å². The Kier molecular flexibility index (Phi) is 13.5. The molecule has 0 heterocycles. The minimum absolute atomic E-state index is 0.0940. The molecule has 0 aromatic heterocycles. The lowest BCUT2D eigenvalue weighted by molar-refractivity contribution is -0.140. The number of ether oxygens (including phenoxy) is 1. The highest BCUT2D eigenvalue weighted by atomic mass is 32.2. The monoisotopic (exact) mass is 288 g/mol. The van der Waals surface area contributed by atoms with Crippen LogP contribution in [0, 0.1) is 0 Å². The highest BCUT2D eigenvalue weighted by molar-refractivity contribution is 8.13. The zero-order chi connectivity index (χ0) is 14.3. The molecular weight excluding hydrogens is 260 g/mol. The van der Waals surface area contributed by atoms with Crippen molar-refractivity contribution in [1.29, 1.82) is 0 Å². The predicted molar refractivity (Wildman–Crippen MR) is 81.3 cm³/mol. The van der Waals surface area contributed by atoms with E-state index in [0.717, 1.165) is 25.0 Å². The van der Waals surface area contributed by atoms with E-state index < -0.39 is 0 Å². The first kappa shape index (κ1) is 18.5. The fraction of sp³-hybridized carbons (Fsp3) is 0.867. The molecule has 4 heteroatoms. The molecule has 3 nitrogen and oxygen atoms in total. The third-order valence-corrected chi connectivity index (χ3v) is 3.96. The summed E-state index contributed by atoms with van der Waals surface area (Å²) in [5.41, 5.74) is 0. The van der Waals surface area contributed by atoms with Gasteiger partial charge < -0.3 is 4.74 Å². The van der Waals surface area contributed by atoms with Gasteiger partial charge in [-0.25, -0.2) is 0 Å². The molecule has 19 heavy (non-hydrogen) atoms. The molecule has 0 aliphatic heterocycles. The lowest BCUT2D eigenvalue weighted by atomic mass is 10.1. The summed E-state index contributed by atoms with van der Waals surface area (Å²) in [7, 11) is 1.44. The molecule has 0 bridgehead atoms. The van der Waals surface area contributed by atoms with E-state index in [1.165, 1.54) is 57.4 Å². The molecule has 0 saturated heterocycles. The van der Waals surface area contributed by atoms with Gasteiger partial charge in [0.15, 0.2) is 5.12 Å². The molecule has 0 saturated carbocycles. The average Bonchev–Trinajstić information content (AvgIpc) is 2.39. The SMILES string of the molecule is COC(=O)CCCCCCCCCCCSC(C)=O. The second-order valence-electron chi connectivity index (χ2n) is 4.85. The molecule has 0 aliphatic rings. The van der Waals surface area contributed by atoms with Crippen molar-refractivity contribution in [2.24, 2.45) is 0 Å². The van der Waals surface area contributed by atoms with E-state index in [4.69, 9.17) is 0 Å². The van der Waals surface area contributed by atoms with Crippen molar-refractivity contribution in [1.82, 2.24) is 0 Å². The van der Waals surface area contributed by atoms with Crippen molar-refractivity contribution in [3.8, 4) is 0 Å². The van der Waals surface area contributed by atoms with Crippen LogP contribution in [-0.4, -0.2) is 23.9 Å². The van der Waals surface area contributed by atoms with Gasteiger partial charge in [0.25, 0.3) is 0 Å². The molecule has 112 valence electrons. The molecule has 0 spiro atoms. The van der Waals surface area contributed by atoms with Gasteiger partial charge in [-0.05, 0) is 12.8 Å². The third kappa shape index (κ3) is 15.4. The van der Waals surface area contributed by atoms with Crippen LogP contribution in [-0.2, 0) is 14.3 Å². The summed E-state index contributed by atoms with van der Waals surface area (Å²) in [5.74, 6) is 0.881. The number of thioether (sulfide) groups is 1. The Morgan fingerprint density at radius 3 is 1.79 bits per heavy atom. The minimum atomic E-state index is -0.0940. The molecule has 0 aromatic carbocycles. The van der Waals surface area contributed by atoms with E-state index in [1.807, 2.05) is 0 Å². The van der Waals surface area contributed by atoms with E-state index in [2.05, 4.69) is 4.74 Å². The van der Waals surface area contributed by atoms with Crippen LogP contribution in [0.1, 0.15) is 71.1 Å². The topological polar surface area (TPSA) is 43.4 Å². The van der Waals surface area contributed by atoms with Gasteiger partial charge in [-0.1, -0.05) is 56.7 Å². The summed E-state index contributed by atoms with van der Waals surface area (Å²) in [6, 6.07) is 0. The molecule has 0 aliphatic carbocycles. The quantitative estimate of drug-likeness (QED) is 0.396. The van der Waals surface area contributed by atoms with Crippen LogP contribution in [0.3, 0.4) is 0 Å². The Labute approximate surface area is 121 Å². The van der Waals surface area contributed by atoms with Crippen LogP contribution in [0.4, 0.5) is 0 Å². The average molecular weight is 288 g/mol. The van der Waals surface area contributed by atoms with Gasteiger partial charge in [0, 0.05) is 19.1 Å². The standard InChI is InChI=1S/C15H28O3S/c1-14(16)19-13-11-9-7-5-3-4-6-8-10-12-15(17)18-2/h3-13H2,1-2H3. The maximum absolute atomic E-state index is 10.9. The molecule has 0 amide bonds. The lowest BCUT2D eigenvalue weighted by Gasteiger charge is -2.02. The summed E-state index contributed by atoms with van der Waals surface area (Å²) in [6.07, 6.45) is 11.4. The van der Waals surface area contributed by atoms with Crippen molar-refractivity contribution in [3.05, 3.63) is 0 Å². The zero-order valence-electron chi connectivity index (χ0n) is 12.4. The number of hydrogen-bond donors (Lipinski definition) is 0. The first-order valence-corrected chi connectivity index (χ1v) is 8.35. The number of methoxy groups -OCH3 is 1. The largest absolute Gasteiger partial charge is 0.469 e. The van der Waals surface area contributed by atoms with Crippen molar-refractivity contribution >= 4 is 22.8 Å². The van der Waals surface area contributed by atoms with E-state index in [0.29, 0.717) is 6.42 Å². The Bertz CT molecular complexity index is 242. The van der Waals surface area contributed by atoms with Gasteiger partial charge in [-0.2, -0.15) is 0 Å². The zero-order valence-corrected chi connectivity index (χ0v) is 13.2. The van der Waals surface area contributed by atoms with Gasteiger partial charge in [0.2, 0.25) is 0 Å². The Hall–Kier alpha value is -0.510. The first-order valence-electron chi connectivity index (χ1n) is 7.37. The van der Waals surface area contributed by atoms with E-state index >= 15 is 0 Å². The van der Waals surface area contributed by atoms with Gasteiger partial charge in [-0.15, -0.1) is 0 Å². The van der Waals surface area contributed by atoms with Gasteiger partial charge in [0.1, 0.15) is 0 Å². The number of unbranched alkanes of at least 4 members (excludes halogenated alkanes) is 8. The van der Waals surface area contributed by atoms with Crippen LogP contribution in [0.2, 0.25) is 0 Å². The summed E-state index contributed by atoms with van der Waals surface area (Å²) in [5, 5.41) is 0.229. The number of hydrogen-bond acceptors (Lipinski definition) is 4. The minimum Gasteiger partial charge on any atom is -0.469 e. The fourth-order valence-corrected chi connectivity index (χ4v) is 2.56. The van der Waals surface area contributed by atoms with Crippen molar-refractivity contribution in [2.45, 2.75) is 71.1 Å².